The van der Waals surface area contributed by atoms with E-state index in [9.17, 15) is 18.0 Å². The lowest BCUT2D eigenvalue weighted by atomic mass is 10.1. The predicted octanol–water partition coefficient (Wildman–Crippen LogP) is 6.10. The molecule has 0 atom stereocenters. The van der Waals surface area contributed by atoms with Crippen LogP contribution in [0.5, 0.6) is 5.75 Å². The van der Waals surface area contributed by atoms with Gasteiger partial charge >= 0.3 is 6.18 Å². The molecule has 0 spiro atoms. The minimum absolute atomic E-state index is 0.00932. The molecule has 3 rings (SSSR count). The number of halogens is 4. The van der Waals surface area contributed by atoms with Gasteiger partial charge in [-0.3, -0.25) is 4.79 Å². The van der Waals surface area contributed by atoms with E-state index in [0.717, 1.165) is 23.3 Å². The molecule has 0 aliphatic rings. The van der Waals surface area contributed by atoms with E-state index >= 15 is 0 Å². The number of hydrogen-bond donors (Lipinski definition) is 1. The molecule has 0 saturated heterocycles. The molecule has 9 heteroatoms. The molecule has 30 heavy (non-hydrogen) atoms. The maximum atomic E-state index is 13.0. The minimum atomic E-state index is -4.65. The minimum Gasteiger partial charge on any atom is -0.489 e. The summed E-state index contributed by atoms with van der Waals surface area (Å²) < 4.78 is 50.0. The second kappa shape index (κ2) is 8.39. The molecule has 0 fully saturated rings. The molecular weight excluding hydrogens is 421 g/mol. The third kappa shape index (κ3) is 4.94. The number of carbonyl (C=O) groups is 1. The third-order valence-electron chi connectivity index (χ3n) is 4.31. The summed E-state index contributed by atoms with van der Waals surface area (Å²) in [6, 6.07) is 8.80. The van der Waals surface area contributed by atoms with Crippen LogP contribution in [0.2, 0.25) is 5.02 Å². The number of aryl methyl sites for hydroxylation is 3. The number of amides is 1. The van der Waals surface area contributed by atoms with E-state index in [2.05, 4.69) is 10.5 Å². The van der Waals surface area contributed by atoms with Gasteiger partial charge in [-0.15, -0.1) is 0 Å². The number of aromatic nitrogens is 1. The zero-order chi connectivity index (χ0) is 22.1. The van der Waals surface area contributed by atoms with Gasteiger partial charge in [-0.2, -0.15) is 13.2 Å². The van der Waals surface area contributed by atoms with Gasteiger partial charge in [0.25, 0.3) is 5.91 Å². The van der Waals surface area contributed by atoms with Crippen molar-refractivity contribution in [2.45, 2.75) is 33.6 Å². The molecule has 1 aromatic heterocycles. The summed E-state index contributed by atoms with van der Waals surface area (Å²) in [5.74, 6) is 0.268. The Hall–Kier alpha value is -3.00. The standard InChI is InChI=1S/C21H18ClF3N2O3/c1-11-6-12(2)8-15(7-11)29-10-16-13(3)30-27-19(16)20(28)26-14-4-5-18(22)17(9-14)21(23,24)25/h4-9H,10H2,1-3H3,(H,26,28). The van der Waals surface area contributed by atoms with Gasteiger partial charge in [-0.25, -0.2) is 0 Å². The van der Waals surface area contributed by atoms with Gasteiger partial charge in [0.1, 0.15) is 18.1 Å². The van der Waals surface area contributed by atoms with Gasteiger partial charge < -0.3 is 14.6 Å². The fourth-order valence-corrected chi connectivity index (χ4v) is 3.15. The summed E-state index contributed by atoms with van der Waals surface area (Å²) in [6.45, 7) is 5.50. The molecule has 1 heterocycles. The predicted molar refractivity (Wildman–Crippen MR) is 106 cm³/mol. The van der Waals surface area contributed by atoms with Crippen molar-refractivity contribution in [2.75, 3.05) is 5.32 Å². The molecule has 0 aliphatic heterocycles. The van der Waals surface area contributed by atoms with Crippen LogP contribution in [0.4, 0.5) is 18.9 Å². The van der Waals surface area contributed by atoms with E-state index in [1.54, 1.807) is 6.92 Å². The fourth-order valence-electron chi connectivity index (χ4n) is 2.92. The molecule has 3 aromatic rings. The molecule has 0 aliphatic carbocycles. The quantitative estimate of drug-likeness (QED) is 0.522. The molecule has 1 N–H and O–H groups in total. The summed E-state index contributed by atoms with van der Waals surface area (Å²) in [7, 11) is 0. The van der Waals surface area contributed by atoms with Crippen molar-refractivity contribution in [3.8, 4) is 5.75 Å². The Bertz CT molecular complexity index is 1070. The molecule has 0 radical (unpaired) electrons. The lowest BCUT2D eigenvalue weighted by molar-refractivity contribution is -0.137. The van der Waals surface area contributed by atoms with E-state index in [-0.39, 0.29) is 18.0 Å². The Morgan fingerprint density at radius 2 is 1.80 bits per heavy atom. The van der Waals surface area contributed by atoms with Crippen LogP contribution in [0.25, 0.3) is 0 Å². The second-order valence-corrected chi connectivity index (χ2v) is 7.23. The van der Waals surface area contributed by atoms with Crippen LogP contribution in [-0.2, 0) is 12.8 Å². The molecule has 0 unspecified atom stereocenters. The van der Waals surface area contributed by atoms with E-state index in [1.165, 1.54) is 6.07 Å². The van der Waals surface area contributed by atoms with E-state index in [0.29, 0.717) is 17.1 Å². The zero-order valence-electron chi connectivity index (χ0n) is 16.4. The van der Waals surface area contributed by atoms with Crippen molar-refractivity contribution in [3.05, 3.63) is 75.1 Å². The van der Waals surface area contributed by atoms with Crippen LogP contribution >= 0.6 is 11.6 Å². The maximum Gasteiger partial charge on any atom is 0.417 e. The maximum absolute atomic E-state index is 13.0. The molecule has 2 aromatic carbocycles. The largest absolute Gasteiger partial charge is 0.489 e. The first-order chi connectivity index (χ1) is 14.0. The number of rotatable bonds is 5. The highest BCUT2D eigenvalue weighted by molar-refractivity contribution is 6.31. The third-order valence-corrected chi connectivity index (χ3v) is 4.64. The Kier molecular flexibility index (Phi) is 6.07. The van der Waals surface area contributed by atoms with Crippen LogP contribution in [0.3, 0.4) is 0 Å². The number of benzene rings is 2. The number of nitrogens with zero attached hydrogens (tertiary/aromatic N) is 1. The van der Waals surface area contributed by atoms with E-state index in [1.807, 2.05) is 32.0 Å². The summed E-state index contributed by atoms with van der Waals surface area (Å²) >= 11 is 5.61. The van der Waals surface area contributed by atoms with Crippen molar-refractivity contribution in [1.82, 2.24) is 5.16 Å². The van der Waals surface area contributed by atoms with Gasteiger partial charge in [-0.05, 0) is 62.2 Å². The Labute approximate surface area is 175 Å². The zero-order valence-corrected chi connectivity index (χ0v) is 17.1. The first-order valence-electron chi connectivity index (χ1n) is 8.89. The highest BCUT2D eigenvalue weighted by Gasteiger charge is 2.33. The summed E-state index contributed by atoms with van der Waals surface area (Å²) in [4.78, 5) is 12.6. The van der Waals surface area contributed by atoms with Crippen LogP contribution in [0, 0.1) is 20.8 Å². The average molecular weight is 439 g/mol. The number of ether oxygens (including phenoxy) is 1. The molecule has 0 bridgehead atoms. The number of nitrogens with one attached hydrogen (secondary N) is 1. The molecule has 158 valence electrons. The van der Waals surface area contributed by atoms with Crippen LogP contribution in [0.1, 0.15) is 38.5 Å². The van der Waals surface area contributed by atoms with Gasteiger partial charge in [0.05, 0.1) is 16.1 Å². The topological polar surface area (TPSA) is 64.4 Å². The van der Waals surface area contributed by atoms with E-state index in [4.69, 9.17) is 20.9 Å². The molecular formula is C21H18ClF3N2O3. The van der Waals surface area contributed by atoms with E-state index < -0.39 is 22.7 Å². The average Bonchev–Trinajstić information content (AvgIpc) is 3.00. The monoisotopic (exact) mass is 438 g/mol. The molecule has 1 amide bonds. The fraction of sp³-hybridized carbons (Fsp3) is 0.238. The number of anilines is 1. The SMILES string of the molecule is Cc1cc(C)cc(OCc2c(C(=O)Nc3ccc(Cl)c(C(F)(F)F)c3)noc2C)c1. The number of hydrogen-bond acceptors (Lipinski definition) is 4. The number of alkyl halides is 3. The summed E-state index contributed by atoms with van der Waals surface area (Å²) in [5, 5.41) is 5.67. The Morgan fingerprint density at radius 3 is 2.43 bits per heavy atom. The van der Waals surface area contributed by atoms with Crippen molar-refractivity contribution in [1.29, 1.82) is 0 Å². The van der Waals surface area contributed by atoms with Gasteiger partial charge in [0.15, 0.2) is 5.69 Å². The second-order valence-electron chi connectivity index (χ2n) is 6.82. The van der Waals surface area contributed by atoms with Crippen LogP contribution < -0.4 is 10.1 Å². The summed E-state index contributed by atoms with van der Waals surface area (Å²) in [5.41, 5.74) is 1.26. The lowest BCUT2D eigenvalue weighted by Crippen LogP contribution is -2.16. The molecule has 5 nitrogen and oxygen atoms in total. The van der Waals surface area contributed by atoms with Crippen LogP contribution in [0.15, 0.2) is 40.9 Å². The molecule has 0 saturated carbocycles. The van der Waals surface area contributed by atoms with Crippen molar-refractivity contribution >= 4 is 23.2 Å². The highest BCUT2D eigenvalue weighted by atomic mass is 35.5. The Balaban J connectivity index is 1.79. The van der Waals surface area contributed by atoms with Gasteiger partial charge in [-0.1, -0.05) is 22.8 Å². The van der Waals surface area contributed by atoms with Gasteiger partial charge in [0, 0.05) is 5.69 Å². The van der Waals surface area contributed by atoms with Gasteiger partial charge in [0.2, 0.25) is 0 Å². The first kappa shape index (κ1) is 21.7. The number of carbonyl (C=O) groups excluding carboxylic acids is 1. The summed E-state index contributed by atoms with van der Waals surface area (Å²) in [6.07, 6.45) is -4.65. The smallest absolute Gasteiger partial charge is 0.417 e. The highest BCUT2D eigenvalue weighted by Crippen LogP contribution is 2.36. The Morgan fingerprint density at radius 1 is 1.13 bits per heavy atom. The normalized spacial score (nSPS) is 11.4. The van der Waals surface area contributed by atoms with Crippen molar-refractivity contribution < 1.29 is 27.2 Å². The first-order valence-corrected chi connectivity index (χ1v) is 9.26. The van der Waals surface area contributed by atoms with Crippen LogP contribution in [-0.4, -0.2) is 11.1 Å². The van der Waals surface area contributed by atoms with Crippen molar-refractivity contribution in [3.63, 3.8) is 0 Å². The van der Waals surface area contributed by atoms with Crippen molar-refractivity contribution in [2.24, 2.45) is 0 Å². The lowest BCUT2D eigenvalue weighted by Gasteiger charge is -2.12.